The average Bonchev–Trinajstić information content (AvgIpc) is 2.59. The van der Waals surface area contributed by atoms with Crippen molar-refractivity contribution in [3.05, 3.63) is 77.4 Å². The van der Waals surface area contributed by atoms with Gasteiger partial charge in [-0.15, -0.1) is 0 Å². The number of aromatic nitrogens is 1. The van der Waals surface area contributed by atoms with Crippen LogP contribution >= 0.6 is 0 Å². The molecule has 1 heterocycles. The highest BCUT2D eigenvalue weighted by molar-refractivity contribution is 5.96. The molecule has 1 unspecified atom stereocenters. The molecule has 1 N–H and O–H groups in total. The lowest BCUT2D eigenvalue weighted by atomic mass is 9.84. The molecule has 0 saturated heterocycles. The molecule has 118 valence electrons. The Kier molecular flexibility index (Phi) is 4.21. The Bertz CT molecular complexity index is 963. The number of benzene rings is 2. The van der Waals surface area contributed by atoms with Crippen molar-refractivity contribution in [1.29, 1.82) is 5.26 Å². The molecule has 2 aromatic carbocycles. The highest BCUT2D eigenvalue weighted by Gasteiger charge is 2.26. The van der Waals surface area contributed by atoms with Crippen molar-refractivity contribution >= 4 is 16.7 Å². The number of halogens is 1. The van der Waals surface area contributed by atoms with Crippen LogP contribution in [-0.2, 0) is 0 Å². The van der Waals surface area contributed by atoms with Crippen molar-refractivity contribution in [2.24, 2.45) is 0 Å². The maximum absolute atomic E-state index is 14.3. The van der Waals surface area contributed by atoms with Gasteiger partial charge in [-0.25, -0.2) is 14.2 Å². The summed E-state index contributed by atoms with van der Waals surface area (Å²) in [5.41, 5.74) is 0.504. The van der Waals surface area contributed by atoms with E-state index < -0.39 is 17.7 Å². The van der Waals surface area contributed by atoms with E-state index in [1.54, 1.807) is 30.3 Å². The third kappa shape index (κ3) is 2.70. The minimum atomic E-state index is -1.20. The first kappa shape index (κ1) is 15.6. The number of nitriles is 1. The van der Waals surface area contributed by atoms with Crippen LogP contribution in [0.15, 0.2) is 54.7 Å². The van der Waals surface area contributed by atoms with Gasteiger partial charge in [0.05, 0.1) is 6.07 Å². The summed E-state index contributed by atoms with van der Waals surface area (Å²) < 4.78 is 14.3. The van der Waals surface area contributed by atoms with E-state index in [0.29, 0.717) is 16.5 Å². The highest BCUT2D eigenvalue weighted by atomic mass is 19.1. The standard InChI is InChI=1S/C19H13FN2O2/c20-16-8-4-3-7-14(16)15(9-10-21)17-13-6-2-1-5-12(13)11-22-18(17)19(23)24/h1-8,11,15H,9H2,(H,23,24). The number of carboxylic acids is 1. The lowest BCUT2D eigenvalue weighted by Gasteiger charge is -2.19. The summed E-state index contributed by atoms with van der Waals surface area (Å²) in [6.07, 6.45) is 1.43. The molecular formula is C19H13FN2O2. The second-order valence-electron chi connectivity index (χ2n) is 5.35. The Morgan fingerprint density at radius 2 is 1.92 bits per heavy atom. The van der Waals surface area contributed by atoms with E-state index in [1.807, 2.05) is 18.2 Å². The molecule has 3 aromatic rings. The summed E-state index contributed by atoms with van der Waals surface area (Å²) in [5, 5.41) is 20.1. The first-order valence-electron chi connectivity index (χ1n) is 7.35. The van der Waals surface area contributed by atoms with Crippen molar-refractivity contribution in [3.8, 4) is 6.07 Å². The number of carbonyl (C=O) groups is 1. The third-order valence-corrected chi connectivity index (χ3v) is 3.97. The molecule has 0 aliphatic carbocycles. The van der Waals surface area contributed by atoms with Crippen LogP contribution < -0.4 is 0 Å². The van der Waals surface area contributed by atoms with E-state index in [9.17, 15) is 19.6 Å². The quantitative estimate of drug-likeness (QED) is 0.785. The molecule has 1 aromatic heterocycles. The van der Waals surface area contributed by atoms with Gasteiger partial charge in [0.15, 0.2) is 5.69 Å². The van der Waals surface area contributed by atoms with E-state index >= 15 is 0 Å². The van der Waals surface area contributed by atoms with Crippen LogP contribution in [0.1, 0.15) is 34.0 Å². The van der Waals surface area contributed by atoms with E-state index in [4.69, 9.17) is 0 Å². The summed E-state index contributed by atoms with van der Waals surface area (Å²) in [6, 6.07) is 15.3. The summed E-state index contributed by atoms with van der Waals surface area (Å²) in [6.45, 7) is 0. The van der Waals surface area contributed by atoms with Crippen LogP contribution in [0, 0.1) is 17.1 Å². The van der Waals surface area contributed by atoms with Gasteiger partial charge < -0.3 is 5.11 Å². The zero-order valence-electron chi connectivity index (χ0n) is 12.6. The molecule has 0 aliphatic heterocycles. The maximum atomic E-state index is 14.3. The topological polar surface area (TPSA) is 74.0 Å². The fourth-order valence-corrected chi connectivity index (χ4v) is 2.93. The van der Waals surface area contributed by atoms with Crippen LogP contribution in [0.25, 0.3) is 10.8 Å². The van der Waals surface area contributed by atoms with Crippen LogP contribution in [0.5, 0.6) is 0 Å². The number of pyridine rings is 1. The molecule has 5 heteroatoms. The van der Waals surface area contributed by atoms with Gasteiger partial charge in [-0.2, -0.15) is 5.26 Å². The van der Waals surface area contributed by atoms with Crippen molar-refractivity contribution in [2.45, 2.75) is 12.3 Å². The average molecular weight is 320 g/mol. The molecular weight excluding hydrogens is 307 g/mol. The smallest absolute Gasteiger partial charge is 0.354 e. The monoisotopic (exact) mass is 320 g/mol. The van der Waals surface area contributed by atoms with Gasteiger partial charge in [0.25, 0.3) is 0 Å². The second-order valence-corrected chi connectivity index (χ2v) is 5.35. The van der Waals surface area contributed by atoms with Gasteiger partial charge in [0.2, 0.25) is 0 Å². The van der Waals surface area contributed by atoms with Gasteiger partial charge in [-0.3, -0.25) is 0 Å². The number of nitrogens with zero attached hydrogens (tertiary/aromatic N) is 2. The lowest BCUT2D eigenvalue weighted by Crippen LogP contribution is -2.12. The molecule has 1 atom stereocenters. The molecule has 3 rings (SSSR count). The van der Waals surface area contributed by atoms with Crippen molar-refractivity contribution in [3.63, 3.8) is 0 Å². The Hall–Kier alpha value is -3.26. The zero-order valence-corrected chi connectivity index (χ0v) is 12.6. The molecule has 0 saturated carbocycles. The number of rotatable bonds is 4. The van der Waals surface area contributed by atoms with Crippen molar-refractivity contribution < 1.29 is 14.3 Å². The van der Waals surface area contributed by atoms with Gasteiger partial charge >= 0.3 is 5.97 Å². The molecule has 4 nitrogen and oxygen atoms in total. The Morgan fingerprint density at radius 3 is 2.62 bits per heavy atom. The van der Waals surface area contributed by atoms with E-state index in [1.165, 1.54) is 12.3 Å². The minimum Gasteiger partial charge on any atom is -0.477 e. The van der Waals surface area contributed by atoms with Gasteiger partial charge in [-0.05, 0) is 17.0 Å². The predicted octanol–water partition coefficient (Wildman–Crippen LogP) is 4.12. The second kappa shape index (κ2) is 6.47. The summed E-state index contributed by atoms with van der Waals surface area (Å²) >= 11 is 0. The molecule has 0 amide bonds. The van der Waals surface area contributed by atoms with E-state index in [0.717, 1.165) is 5.39 Å². The predicted molar refractivity (Wildman–Crippen MR) is 87.2 cm³/mol. The van der Waals surface area contributed by atoms with Gasteiger partial charge in [0, 0.05) is 29.5 Å². The fourth-order valence-electron chi connectivity index (χ4n) is 2.93. The van der Waals surface area contributed by atoms with E-state index in [-0.39, 0.29) is 12.1 Å². The molecule has 0 bridgehead atoms. The number of hydrogen-bond acceptors (Lipinski definition) is 3. The van der Waals surface area contributed by atoms with Gasteiger partial charge in [0.1, 0.15) is 5.82 Å². The zero-order chi connectivity index (χ0) is 17.1. The first-order chi connectivity index (χ1) is 11.6. The van der Waals surface area contributed by atoms with Crippen LogP contribution in [0.2, 0.25) is 0 Å². The number of fused-ring (bicyclic) bond motifs is 1. The molecule has 0 spiro atoms. The molecule has 24 heavy (non-hydrogen) atoms. The van der Waals surface area contributed by atoms with Crippen LogP contribution in [0.4, 0.5) is 4.39 Å². The third-order valence-electron chi connectivity index (χ3n) is 3.97. The Balaban J connectivity index is 2.35. The first-order valence-corrected chi connectivity index (χ1v) is 7.35. The minimum absolute atomic E-state index is 0.0447. The van der Waals surface area contributed by atoms with Crippen LogP contribution in [-0.4, -0.2) is 16.1 Å². The summed E-state index contributed by atoms with van der Waals surface area (Å²) in [7, 11) is 0. The fraction of sp³-hybridized carbons (Fsp3) is 0.105. The Morgan fingerprint density at radius 1 is 1.21 bits per heavy atom. The molecule has 0 radical (unpaired) electrons. The number of aromatic carboxylic acids is 1. The van der Waals surface area contributed by atoms with Gasteiger partial charge in [-0.1, -0.05) is 42.5 Å². The molecule has 0 aliphatic rings. The highest BCUT2D eigenvalue weighted by Crippen LogP contribution is 2.36. The lowest BCUT2D eigenvalue weighted by molar-refractivity contribution is 0.0689. The van der Waals surface area contributed by atoms with Crippen LogP contribution in [0.3, 0.4) is 0 Å². The van der Waals surface area contributed by atoms with Crippen molar-refractivity contribution in [1.82, 2.24) is 4.98 Å². The Labute approximate surface area is 137 Å². The number of hydrogen-bond donors (Lipinski definition) is 1. The number of carboxylic acid groups (broad SMARTS) is 1. The largest absolute Gasteiger partial charge is 0.477 e. The van der Waals surface area contributed by atoms with Crippen molar-refractivity contribution in [2.75, 3.05) is 0 Å². The summed E-state index contributed by atoms with van der Waals surface area (Å²) in [5.74, 6) is -2.38. The normalized spacial score (nSPS) is 11.8. The van der Waals surface area contributed by atoms with E-state index in [2.05, 4.69) is 4.98 Å². The maximum Gasteiger partial charge on any atom is 0.354 e. The SMILES string of the molecule is N#CCC(c1ccccc1F)c1c(C(=O)O)ncc2ccccc12. The summed E-state index contributed by atoms with van der Waals surface area (Å²) in [4.78, 5) is 15.7. The molecule has 0 fully saturated rings.